The topological polar surface area (TPSA) is 73.7 Å². The number of benzene rings is 2. The molecule has 2 aromatic heterocycles. The molecule has 1 atom stereocenters. The molecule has 3 heterocycles. The van der Waals surface area contributed by atoms with Crippen molar-refractivity contribution >= 4 is 55.4 Å². The molecule has 0 aliphatic carbocycles. The molecule has 0 fully saturated rings. The minimum absolute atomic E-state index is 0.0792. The number of anilines is 2. The number of Topliss-reactive ketones (excluding diaryl/α,β-unsaturated/α-hetero) is 1. The molecule has 0 saturated heterocycles. The Balaban J connectivity index is 1.67. The van der Waals surface area contributed by atoms with Crippen LogP contribution in [0.5, 0.6) is 0 Å². The van der Waals surface area contributed by atoms with E-state index in [1.54, 1.807) is 17.5 Å². The van der Waals surface area contributed by atoms with E-state index in [9.17, 15) is 14.7 Å². The van der Waals surface area contributed by atoms with E-state index in [1.807, 2.05) is 68.4 Å². The zero-order chi connectivity index (χ0) is 23.3. The zero-order valence-electron chi connectivity index (χ0n) is 18.3. The van der Waals surface area contributed by atoms with Crippen LogP contribution in [0.2, 0.25) is 0 Å². The number of aromatic nitrogens is 1. The average Bonchev–Trinajstić information content (AvgIpc) is 3.52. The van der Waals surface area contributed by atoms with Crippen LogP contribution in [0.3, 0.4) is 0 Å². The summed E-state index contributed by atoms with van der Waals surface area (Å²) in [5.74, 6) is -1.49. The summed E-state index contributed by atoms with van der Waals surface area (Å²) in [6.07, 6.45) is 0. The van der Waals surface area contributed by atoms with Crippen molar-refractivity contribution in [3.8, 4) is 0 Å². The van der Waals surface area contributed by atoms with Gasteiger partial charge in [-0.15, -0.1) is 11.3 Å². The van der Waals surface area contributed by atoms with Crippen LogP contribution in [0.25, 0.3) is 10.2 Å². The van der Waals surface area contributed by atoms with Gasteiger partial charge in [-0.25, -0.2) is 4.98 Å². The highest BCUT2D eigenvalue weighted by atomic mass is 32.1. The lowest BCUT2D eigenvalue weighted by atomic mass is 9.95. The maximum absolute atomic E-state index is 13.4. The number of hydrogen-bond donors (Lipinski definition) is 1. The van der Waals surface area contributed by atoms with Gasteiger partial charge in [0.1, 0.15) is 0 Å². The summed E-state index contributed by atoms with van der Waals surface area (Å²) in [6.45, 7) is 2.00. The van der Waals surface area contributed by atoms with Crippen LogP contribution < -0.4 is 9.80 Å². The Bertz CT molecular complexity index is 1400. The molecule has 6 nitrogen and oxygen atoms in total. The fourth-order valence-electron chi connectivity index (χ4n) is 3.97. The molecule has 1 unspecified atom stereocenters. The van der Waals surface area contributed by atoms with E-state index >= 15 is 0 Å². The summed E-state index contributed by atoms with van der Waals surface area (Å²) >= 11 is 2.65. The largest absolute Gasteiger partial charge is 0.503 e. The first kappa shape index (κ1) is 21.4. The van der Waals surface area contributed by atoms with Gasteiger partial charge in [-0.05, 0) is 53.8 Å². The highest BCUT2D eigenvalue weighted by Crippen LogP contribution is 2.44. The third-order valence-corrected chi connectivity index (χ3v) is 7.55. The maximum Gasteiger partial charge on any atom is 0.296 e. The Morgan fingerprint density at radius 2 is 1.88 bits per heavy atom. The number of thiophene rings is 1. The number of nitrogens with zero attached hydrogens (tertiary/aromatic N) is 3. The first-order valence-corrected chi connectivity index (χ1v) is 12.0. The number of hydrogen-bond acceptors (Lipinski definition) is 7. The van der Waals surface area contributed by atoms with E-state index in [2.05, 4.69) is 4.98 Å². The van der Waals surface area contributed by atoms with Crippen LogP contribution in [-0.4, -0.2) is 35.9 Å². The van der Waals surface area contributed by atoms with Gasteiger partial charge in [0.2, 0.25) is 5.78 Å². The standard InChI is InChI=1S/C25H21N3O3S2/c1-14-6-11-17-19(13-14)33-25(26-17)28-21(15-7-9-16(10-8-15)27(2)3)20(23(30)24(28)31)22(29)18-5-4-12-32-18/h4-13,21,30H,1-3H3. The molecule has 1 aliphatic rings. The lowest BCUT2D eigenvalue weighted by Crippen LogP contribution is -2.31. The summed E-state index contributed by atoms with van der Waals surface area (Å²) in [6, 6.07) is 16.2. The minimum Gasteiger partial charge on any atom is -0.503 e. The summed E-state index contributed by atoms with van der Waals surface area (Å²) < 4.78 is 0.942. The van der Waals surface area contributed by atoms with Crippen molar-refractivity contribution in [1.82, 2.24) is 4.98 Å². The van der Waals surface area contributed by atoms with Gasteiger partial charge in [0.25, 0.3) is 5.91 Å². The van der Waals surface area contributed by atoms with Crippen molar-refractivity contribution in [1.29, 1.82) is 0 Å². The zero-order valence-corrected chi connectivity index (χ0v) is 19.9. The lowest BCUT2D eigenvalue weighted by Gasteiger charge is -2.25. The van der Waals surface area contributed by atoms with Crippen LogP contribution in [-0.2, 0) is 4.79 Å². The molecular weight excluding hydrogens is 454 g/mol. The van der Waals surface area contributed by atoms with Crippen LogP contribution in [0.1, 0.15) is 26.8 Å². The Morgan fingerprint density at radius 1 is 1.12 bits per heavy atom. The van der Waals surface area contributed by atoms with E-state index in [-0.39, 0.29) is 11.4 Å². The Labute approximate surface area is 199 Å². The molecule has 166 valence electrons. The van der Waals surface area contributed by atoms with E-state index in [4.69, 9.17) is 0 Å². The number of aryl methyl sites for hydroxylation is 1. The number of carbonyl (C=O) groups is 2. The van der Waals surface area contributed by atoms with E-state index < -0.39 is 17.7 Å². The van der Waals surface area contributed by atoms with Crippen molar-refractivity contribution in [3.05, 3.63) is 87.3 Å². The number of carbonyl (C=O) groups excluding carboxylic acids is 2. The number of aliphatic hydroxyl groups excluding tert-OH is 1. The SMILES string of the molecule is Cc1ccc2nc(N3C(=O)C(O)=C(C(=O)c4cccs4)C3c3ccc(N(C)C)cc3)sc2c1. The van der Waals surface area contributed by atoms with Crippen LogP contribution >= 0.6 is 22.7 Å². The van der Waals surface area contributed by atoms with Crippen molar-refractivity contribution in [2.24, 2.45) is 0 Å². The second-order valence-electron chi connectivity index (χ2n) is 8.10. The molecule has 1 amide bonds. The fourth-order valence-corrected chi connectivity index (χ4v) is 5.74. The molecule has 2 aromatic carbocycles. The van der Waals surface area contributed by atoms with Gasteiger partial charge in [0.05, 0.1) is 26.7 Å². The summed E-state index contributed by atoms with van der Waals surface area (Å²) in [5.41, 5.74) is 3.66. The van der Waals surface area contributed by atoms with Gasteiger partial charge in [0.15, 0.2) is 10.9 Å². The summed E-state index contributed by atoms with van der Waals surface area (Å²) in [5, 5.41) is 13.1. The molecule has 4 aromatic rings. The molecule has 1 N–H and O–H groups in total. The van der Waals surface area contributed by atoms with E-state index in [0.717, 1.165) is 27.0 Å². The molecule has 0 bridgehead atoms. The van der Waals surface area contributed by atoms with Crippen molar-refractivity contribution in [2.75, 3.05) is 23.9 Å². The first-order valence-electron chi connectivity index (χ1n) is 10.3. The number of rotatable bonds is 5. The number of ketones is 1. The van der Waals surface area contributed by atoms with Crippen LogP contribution in [0, 0.1) is 6.92 Å². The van der Waals surface area contributed by atoms with Crippen LogP contribution in [0.4, 0.5) is 10.8 Å². The number of amides is 1. The van der Waals surface area contributed by atoms with Gasteiger partial charge in [-0.1, -0.05) is 35.6 Å². The van der Waals surface area contributed by atoms with Crippen molar-refractivity contribution in [2.45, 2.75) is 13.0 Å². The van der Waals surface area contributed by atoms with Crippen molar-refractivity contribution in [3.63, 3.8) is 0 Å². The third-order valence-electron chi connectivity index (χ3n) is 5.66. The molecule has 5 rings (SSSR count). The predicted molar refractivity (Wildman–Crippen MR) is 134 cm³/mol. The molecular formula is C25H21N3O3S2. The summed E-state index contributed by atoms with van der Waals surface area (Å²) in [4.78, 5) is 35.3. The van der Waals surface area contributed by atoms with Gasteiger partial charge in [-0.2, -0.15) is 0 Å². The average molecular weight is 476 g/mol. The fraction of sp³-hybridized carbons (Fsp3) is 0.160. The Kier molecular flexibility index (Phi) is 5.26. The molecule has 0 spiro atoms. The minimum atomic E-state index is -0.773. The van der Waals surface area contributed by atoms with E-state index in [1.165, 1.54) is 27.6 Å². The smallest absolute Gasteiger partial charge is 0.296 e. The van der Waals surface area contributed by atoms with Crippen molar-refractivity contribution < 1.29 is 14.7 Å². The molecule has 1 aliphatic heterocycles. The van der Waals surface area contributed by atoms with Gasteiger partial charge in [-0.3, -0.25) is 14.5 Å². The second kappa shape index (κ2) is 8.13. The highest BCUT2D eigenvalue weighted by Gasteiger charge is 2.46. The quantitative estimate of drug-likeness (QED) is 0.385. The molecule has 0 saturated carbocycles. The van der Waals surface area contributed by atoms with E-state index in [0.29, 0.717) is 10.0 Å². The van der Waals surface area contributed by atoms with Gasteiger partial charge < -0.3 is 10.0 Å². The number of fused-ring (bicyclic) bond motifs is 1. The van der Waals surface area contributed by atoms with Gasteiger partial charge in [0, 0.05) is 19.8 Å². The highest BCUT2D eigenvalue weighted by molar-refractivity contribution is 7.22. The monoisotopic (exact) mass is 475 g/mol. The normalized spacial score (nSPS) is 16.2. The molecule has 8 heteroatoms. The predicted octanol–water partition coefficient (Wildman–Crippen LogP) is 5.52. The maximum atomic E-state index is 13.4. The number of thiazole rings is 1. The Hall–Kier alpha value is -3.49. The Morgan fingerprint density at radius 3 is 2.55 bits per heavy atom. The second-order valence-corrected chi connectivity index (χ2v) is 10.1. The first-order chi connectivity index (χ1) is 15.8. The third kappa shape index (κ3) is 3.61. The van der Waals surface area contributed by atoms with Gasteiger partial charge >= 0.3 is 0 Å². The lowest BCUT2D eigenvalue weighted by molar-refractivity contribution is -0.117. The summed E-state index contributed by atoms with van der Waals surface area (Å²) in [7, 11) is 3.89. The molecule has 33 heavy (non-hydrogen) atoms. The van der Waals surface area contributed by atoms with Crippen LogP contribution in [0.15, 0.2) is 71.3 Å². The number of aliphatic hydroxyl groups is 1. The molecule has 0 radical (unpaired) electrons.